The molecule has 19 heavy (non-hydrogen) atoms. The Morgan fingerprint density at radius 1 is 1.47 bits per heavy atom. The molecule has 0 aromatic heterocycles. The normalized spacial score (nSPS) is 11.7. The molecule has 1 rings (SSSR count). The van der Waals surface area contributed by atoms with Gasteiger partial charge < -0.3 is 20.3 Å². The number of amides is 1. The lowest BCUT2D eigenvalue weighted by Gasteiger charge is -2.13. The van der Waals surface area contributed by atoms with Crippen LogP contribution in [-0.4, -0.2) is 30.6 Å². The number of carbonyl (C=O) groups is 1. The summed E-state index contributed by atoms with van der Waals surface area (Å²) in [5.41, 5.74) is 5.67. The van der Waals surface area contributed by atoms with E-state index in [1.165, 1.54) is 0 Å². The largest absolute Gasteiger partial charge is 0.487 e. The van der Waals surface area contributed by atoms with E-state index in [-0.39, 0.29) is 6.61 Å². The molecule has 0 saturated carbocycles. The van der Waals surface area contributed by atoms with E-state index in [1.54, 1.807) is 24.3 Å². The van der Waals surface area contributed by atoms with Crippen molar-refractivity contribution in [1.29, 1.82) is 0 Å². The summed E-state index contributed by atoms with van der Waals surface area (Å²) in [5, 5.41) is 11.6. The molecule has 0 aliphatic carbocycles. The van der Waals surface area contributed by atoms with Crippen molar-refractivity contribution in [3.05, 3.63) is 24.3 Å². The summed E-state index contributed by atoms with van der Waals surface area (Å²) in [5.74, 6) is 0.430. The van der Waals surface area contributed by atoms with Crippen molar-refractivity contribution in [3.8, 4) is 5.75 Å². The SMILES string of the molecule is CCCCOC(=O)Nc1ccccc1OCC(N)O. The average molecular weight is 268 g/mol. The number of unbranched alkanes of at least 4 members (excludes halogenated alkanes) is 1. The summed E-state index contributed by atoms with van der Waals surface area (Å²) in [6.45, 7) is 2.35. The molecule has 6 heteroatoms. The van der Waals surface area contributed by atoms with Gasteiger partial charge in [0.2, 0.25) is 0 Å². The summed E-state index contributed by atoms with van der Waals surface area (Å²) in [4.78, 5) is 11.5. The molecule has 1 amide bonds. The smallest absolute Gasteiger partial charge is 0.411 e. The molecule has 0 saturated heterocycles. The van der Waals surface area contributed by atoms with Crippen molar-refractivity contribution >= 4 is 11.8 Å². The molecule has 0 spiro atoms. The van der Waals surface area contributed by atoms with Crippen molar-refractivity contribution in [2.45, 2.75) is 26.0 Å². The minimum atomic E-state index is -1.07. The van der Waals surface area contributed by atoms with Crippen LogP contribution in [0.2, 0.25) is 0 Å². The maximum Gasteiger partial charge on any atom is 0.411 e. The van der Waals surface area contributed by atoms with Crippen LogP contribution in [0.4, 0.5) is 10.5 Å². The number of aliphatic hydroxyl groups excluding tert-OH is 1. The molecule has 6 nitrogen and oxygen atoms in total. The molecular weight excluding hydrogens is 248 g/mol. The van der Waals surface area contributed by atoms with E-state index < -0.39 is 12.3 Å². The molecule has 1 aromatic carbocycles. The van der Waals surface area contributed by atoms with E-state index >= 15 is 0 Å². The highest BCUT2D eigenvalue weighted by atomic mass is 16.5. The fraction of sp³-hybridized carbons (Fsp3) is 0.462. The minimum Gasteiger partial charge on any atom is -0.487 e. The Hall–Kier alpha value is -1.79. The van der Waals surface area contributed by atoms with E-state index in [2.05, 4.69) is 5.32 Å². The molecule has 0 radical (unpaired) electrons. The van der Waals surface area contributed by atoms with Gasteiger partial charge in [-0.2, -0.15) is 0 Å². The number of nitrogens with one attached hydrogen (secondary N) is 1. The van der Waals surface area contributed by atoms with Crippen LogP contribution in [-0.2, 0) is 4.74 Å². The zero-order valence-electron chi connectivity index (χ0n) is 11.0. The summed E-state index contributed by atoms with van der Waals surface area (Å²) in [6.07, 6.45) is 0.189. The number of benzene rings is 1. The number of anilines is 1. The third-order valence-electron chi connectivity index (χ3n) is 2.26. The van der Waals surface area contributed by atoms with Gasteiger partial charge in [0.1, 0.15) is 18.6 Å². The van der Waals surface area contributed by atoms with Crippen LogP contribution >= 0.6 is 0 Å². The number of ether oxygens (including phenoxy) is 2. The molecule has 0 aliphatic rings. The molecule has 4 N–H and O–H groups in total. The third-order valence-corrected chi connectivity index (χ3v) is 2.26. The van der Waals surface area contributed by atoms with Gasteiger partial charge in [-0.1, -0.05) is 25.5 Å². The van der Waals surface area contributed by atoms with Gasteiger partial charge in [-0.05, 0) is 18.6 Å². The highest BCUT2D eigenvalue weighted by Crippen LogP contribution is 2.23. The number of hydrogen-bond donors (Lipinski definition) is 3. The first kappa shape index (κ1) is 15.3. The van der Waals surface area contributed by atoms with Crippen LogP contribution in [0.15, 0.2) is 24.3 Å². The second kappa shape index (κ2) is 8.34. The zero-order valence-corrected chi connectivity index (χ0v) is 11.0. The fourth-order valence-corrected chi connectivity index (χ4v) is 1.33. The quantitative estimate of drug-likeness (QED) is 0.517. The van der Waals surface area contributed by atoms with Crippen molar-refractivity contribution in [2.75, 3.05) is 18.5 Å². The first-order valence-electron chi connectivity index (χ1n) is 6.22. The van der Waals surface area contributed by atoms with Gasteiger partial charge >= 0.3 is 6.09 Å². The summed E-state index contributed by atoms with van der Waals surface area (Å²) in [7, 11) is 0. The standard InChI is InChI=1S/C13H20N2O4/c1-2-3-8-18-13(17)15-10-6-4-5-7-11(10)19-9-12(14)16/h4-7,12,16H,2-3,8-9,14H2,1H3,(H,15,17). The average Bonchev–Trinajstić information content (AvgIpc) is 2.38. The van der Waals surface area contributed by atoms with E-state index in [0.29, 0.717) is 18.0 Å². The van der Waals surface area contributed by atoms with E-state index in [9.17, 15) is 4.79 Å². The predicted molar refractivity (Wildman–Crippen MR) is 72.0 cm³/mol. The topological polar surface area (TPSA) is 93.8 Å². The van der Waals surface area contributed by atoms with Gasteiger partial charge in [-0.15, -0.1) is 0 Å². The Morgan fingerprint density at radius 2 is 2.21 bits per heavy atom. The predicted octanol–water partition coefficient (Wildman–Crippen LogP) is 1.69. The van der Waals surface area contributed by atoms with Crippen LogP contribution in [0.3, 0.4) is 0 Å². The van der Waals surface area contributed by atoms with Crippen LogP contribution in [0.5, 0.6) is 5.75 Å². The van der Waals surface area contributed by atoms with Crippen LogP contribution in [0, 0.1) is 0 Å². The second-order valence-corrected chi connectivity index (χ2v) is 3.99. The van der Waals surface area contributed by atoms with Crippen LogP contribution in [0.1, 0.15) is 19.8 Å². The van der Waals surface area contributed by atoms with Gasteiger partial charge in [-0.3, -0.25) is 5.32 Å². The minimum absolute atomic E-state index is 0.0520. The van der Waals surface area contributed by atoms with Crippen molar-refractivity contribution in [3.63, 3.8) is 0 Å². The highest BCUT2D eigenvalue weighted by molar-refractivity contribution is 5.86. The number of carbonyl (C=O) groups excluding carboxylic acids is 1. The lowest BCUT2D eigenvalue weighted by Crippen LogP contribution is -2.27. The van der Waals surface area contributed by atoms with E-state index in [4.69, 9.17) is 20.3 Å². The first-order valence-corrected chi connectivity index (χ1v) is 6.22. The molecular formula is C13H20N2O4. The molecule has 1 unspecified atom stereocenters. The van der Waals surface area contributed by atoms with Crippen molar-refractivity contribution in [1.82, 2.24) is 0 Å². The van der Waals surface area contributed by atoms with Crippen molar-refractivity contribution < 1.29 is 19.4 Å². The summed E-state index contributed by atoms with van der Waals surface area (Å²) < 4.78 is 10.3. The lowest BCUT2D eigenvalue weighted by molar-refractivity contribution is 0.113. The second-order valence-electron chi connectivity index (χ2n) is 3.99. The highest BCUT2D eigenvalue weighted by Gasteiger charge is 2.08. The molecule has 0 bridgehead atoms. The number of aliphatic hydroxyl groups is 1. The number of hydrogen-bond acceptors (Lipinski definition) is 5. The monoisotopic (exact) mass is 268 g/mol. The Kier molecular flexibility index (Phi) is 6.70. The maximum absolute atomic E-state index is 11.5. The fourth-order valence-electron chi connectivity index (χ4n) is 1.33. The molecule has 1 aromatic rings. The van der Waals surface area contributed by atoms with E-state index in [0.717, 1.165) is 12.8 Å². The zero-order chi connectivity index (χ0) is 14.1. The lowest BCUT2D eigenvalue weighted by atomic mass is 10.3. The Bertz CT molecular complexity index is 396. The number of para-hydroxylation sites is 2. The van der Waals surface area contributed by atoms with Crippen LogP contribution in [0.25, 0.3) is 0 Å². The maximum atomic E-state index is 11.5. The van der Waals surface area contributed by atoms with Crippen LogP contribution < -0.4 is 15.8 Å². The summed E-state index contributed by atoms with van der Waals surface area (Å²) in [6, 6.07) is 6.86. The Morgan fingerprint density at radius 3 is 2.89 bits per heavy atom. The molecule has 0 aliphatic heterocycles. The van der Waals surface area contributed by atoms with Gasteiger partial charge in [-0.25, -0.2) is 4.79 Å². The first-order chi connectivity index (χ1) is 9.13. The Labute approximate surface area is 112 Å². The van der Waals surface area contributed by atoms with Crippen molar-refractivity contribution in [2.24, 2.45) is 5.73 Å². The molecule has 1 atom stereocenters. The van der Waals surface area contributed by atoms with Gasteiger partial charge in [0, 0.05) is 0 Å². The number of rotatable bonds is 7. The molecule has 0 fully saturated rings. The van der Waals surface area contributed by atoms with Gasteiger partial charge in [0.05, 0.1) is 12.3 Å². The molecule has 0 heterocycles. The van der Waals surface area contributed by atoms with Gasteiger partial charge in [0.15, 0.2) is 0 Å². The van der Waals surface area contributed by atoms with Gasteiger partial charge in [0.25, 0.3) is 0 Å². The van der Waals surface area contributed by atoms with E-state index in [1.807, 2.05) is 6.92 Å². The Balaban J connectivity index is 2.54. The third kappa shape index (κ3) is 6.08. The number of nitrogens with two attached hydrogens (primary N) is 1. The molecule has 106 valence electrons. The summed E-state index contributed by atoms with van der Waals surface area (Å²) >= 11 is 0.